The standard InChI is InChI=1S/C24H24F4N4O3/c1-3-13-8-14-4-5-15(20(27)21(14)31-23(13)33)10-32-11-18(12(32)2)35-17-7-6-16(30-22(17)28)24(34)29-9-19(25)26/h4-8,12,18-19H,3,9-11H2,1-2H3,(H,29,34)(H,31,33)/t12-,18-/m0/s1. The summed E-state index contributed by atoms with van der Waals surface area (Å²) in [5, 5.41) is 2.57. The minimum atomic E-state index is -2.73. The van der Waals surface area contributed by atoms with Crippen LogP contribution in [0.5, 0.6) is 5.75 Å². The Morgan fingerprint density at radius 2 is 2.03 bits per heavy atom. The molecule has 1 aliphatic heterocycles. The van der Waals surface area contributed by atoms with E-state index in [1.165, 1.54) is 12.1 Å². The fourth-order valence-electron chi connectivity index (χ4n) is 3.98. The molecule has 186 valence electrons. The van der Waals surface area contributed by atoms with Crippen molar-refractivity contribution in [2.75, 3.05) is 13.1 Å². The topological polar surface area (TPSA) is 87.3 Å². The number of benzene rings is 1. The molecule has 0 saturated carbocycles. The zero-order valence-corrected chi connectivity index (χ0v) is 19.1. The number of rotatable bonds is 8. The van der Waals surface area contributed by atoms with Gasteiger partial charge in [0.15, 0.2) is 11.6 Å². The summed E-state index contributed by atoms with van der Waals surface area (Å²) in [6.45, 7) is 3.50. The maximum absolute atomic E-state index is 15.1. The third-order valence-corrected chi connectivity index (χ3v) is 6.14. The summed E-state index contributed by atoms with van der Waals surface area (Å²) < 4.78 is 59.5. The molecule has 7 nitrogen and oxygen atoms in total. The van der Waals surface area contributed by atoms with Crippen LogP contribution in [0.4, 0.5) is 17.6 Å². The molecule has 4 rings (SSSR count). The van der Waals surface area contributed by atoms with E-state index in [0.29, 0.717) is 29.5 Å². The summed E-state index contributed by atoms with van der Waals surface area (Å²) >= 11 is 0. The first-order chi connectivity index (χ1) is 16.7. The van der Waals surface area contributed by atoms with Gasteiger partial charge >= 0.3 is 0 Å². The molecule has 0 bridgehead atoms. The SMILES string of the molecule is CCc1cc2ccc(CN3C[C@H](Oc4ccc(C(=O)NCC(F)F)nc4F)[C@@H]3C)c(F)c2[nH]c1=O. The lowest BCUT2D eigenvalue weighted by atomic mass is 9.99. The van der Waals surface area contributed by atoms with E-state index < -0.39 is 36.7 Å². The predicted molar refractivity (Wildman–Crippen MR) is 121 cm³/mol. The summed E-state index contributed by atoms with van der Waals surface area (Å²) in [6.07, 6.45) is -2.58. The maximum Gasteiger partial charge on any atom is 0.270 e. The molecule has 0 unspecified atom stereocenters. The lowest BCUT2D eigenvalue weighted by Crippen LogP contribution is -2.60. The van der Waals surface area contributed by atoms with E-state index in [-0.39, 0.29) is 35.1 Å². The van der Waals surface area contributed by atoms with E-state index in [9.17, 15) is 22.8 Å². The highest BCUT2D eigenvalue weighted by atomic mass is 19.3. The molecule has 0 aliphatic carbocycles. The first-order valence-electron chi connectivity index (χ1n) is 11.1. The molecule has 1 aliphatic rings. The van der Waals surface area contributed by atoms with Crippen molar-refractivity contribution in [3.63, 3.8) is 0 Å². The molecule has 2 aromatic heterocycles. The molecule has 1 aromatic carbocycles. The normalized spacial score (nSPS) is 18.0. The zero-order valence-electron chi connectivity index (χ0n) is 19.1. The molecule has 1 saturated heterocycles. The highest BCUT2D eigenvalue weighted by molar-refractivity contribution is 5.92. The molecule has 0 radical (unpaired) electrons. The Hall–Kier alpha value is -3.47. The summed E-state index contributed by atoms with van der Waals surface area (Å²) in [5.74, 6) is -2.61. The fraction of sp³-hybridized carbons (Fsp3) is 0.375. The number of nitrogens with zero attached hydrogens (tertiary/aromatic N) is 2. The summed E-state index contributed by atoms with van der Waals surface area (Å²) in [5.41, 5.74) is 0.514. The fourth-order valence-corrected chi connectivity index (χ4v) is 3.98. The Morgan fingerprint density at radius 1 is 1.26 bits per heavy atom. The van der Waals surface area contributed by atoms with Gasteiger partial charge in [-0.1, -0.05) is 19.1 Å². The van der Waals surface area contributed by atoms with Crippen molar-refractivity contribution >= 4 is 16.8 Å². The van der Waals surface area contributed by atoms with Crippen molar-refractivity contribution in [3.05, 3.63) is 69.3 Å². The quantitative estimate of drug-likeness (QED) is 0.372. The lowest BCUT2D eigenvalue weighted by Gasteiger charge is -2.45. The highest BCUT2D eigenvalue weighted by Crippen LogP contribution is 2.29. The van der Waals surface area contributed by atoms with Gasteiger partial charge in [0.2, 0.25) is 0 Å². The monoisotopic (exact) mass is 492 g/mol. The smallest absolute Gasteiger partial charge is 0.270 e. The van der Waals surface area contributed by atoms with E-state index in [4.69, 9.17) is 4.74 Å². The number of carbonyl (C=O) groups excluding carboxylic acids is 1. The van der Waals surface area contributed by atoms with Crippen LogP contribution in [0.15, 0.2) is 35.1 Å². The van der Waals surface area contributed by atoms with Crippen LogP contribution in [0.1, 0.15) is 35.5 Å². The number of nitrogens with one attached hydrogen (secondary N) is 2. The van der Waals surface area contributed by atoms with Crippen LogP contribution in [-0.2, 0) is 13.0 Å². The minimum absolute atomic E-state index is 0.163. The van der Waals surface area contributed by atoms with Crippen molar-refractivity contribution in [2.45, 2.75) is 45.4 Å². The summed E-state index contributed by atoms with van der Waals surface area (Å²) in [4.78, 5) is 31.9. The van der Waals surface area contributed by atoms with Crippen LogP contribution < -0.4 is 15.6 Å². The molecule has 3 heterocycles. The van der Waals surface area contributed by atoms with Gasteiger partial charge in [0, 0.05) is 35.6 Å². The van der Waals surface area contributed by atoms with Gasteiger partial charge in [-0.25, -0.2) is 18.2 Å². The molecular formula is C24H24F4N4O3. The Bertz CT molecular complexity index is 1310. The Labute approximate surface area is 198 Å². The zero-order chi connectivity index (χ0) is 25.3. The lowest BCUT2D eigenvalue weighted by molar-refractivity contribution is -0.0437. The highest BCUT2D eigenvalue weighted by Gasteiger charge is 2.38. The maximum atomic E-state index is 15.1. The number of H-pyrrole nitrogens is 1. The van der Waals surface area contributed by atoms with Crippen molar-refractivity contribution in [1.82, 2.24) is 20.2 Å². The number of pyridine rings is 2. The molecule has 35 heavy (non-hydrogen) atoms. The van der Waals surface area contributed by atoms with Crippen molar-refractivity contribution in [1.29, 1.82) is 0 Å². The van der Waals surface area contributed by atoms with Crippen LogP contribution in [0, 0.1) is 11.8 Å². The van der Waals surface area contributed by atoms with Crippen molar-refractivity contribution in [2.24, 2.45) is 0 Å². The second-order valence-electron chi connectivity index (χ2n) is 8.39. The minimum Gasteiger partial charge on any atom is -0.483 e. The number of aromatic amines is 1. The van der Waals surface area contributed by atoms with E-state index in [1.807, 2.05) is 24.1 Å². The van der Waals surface area contributed by atoms with Gasteiger partial charge in [0.1, 0.15) is 11.8 Å². The molecule has 1 amide bonds. The number of hydrogen-bond acceptors (Lipinski definition) is 5. The molecule has 3 aromatic rings. The Kier molecular flexibility index (Phi) is 7.06. The number of halogens is 4. The third-order valence-electron chi connectivity index (χ3n) is 6.14. The first kappa shape index (κ1) is 24.6. The van der Waals surface area contributed by atoms with E-state index >= 15 is 4.39 Å². The molecule has 11 heteroatoms. The molecule has 1 fully saturated rings. The number of likely N-dealkylation sites (tertiary alicyclic amines) is 1. The van der Waals surface area contributed by atoms with Crippen LogP contribution in [0.2, 0.25) is 0 Å². The second-order valence-corrected chi connectivity index (χ2v) is 8.39. The molecule has 2 atom stereocenters. The van der Waals surface area contributed by atoms with Gasteiger partial charge in [-0.3, -0.25) is 14.5 Å². The average Bonchev–Trinajstić information content (AvgIpc) is 2.83. The van der Waals surface area contributed by atoms with Crippen LogP contribution in [0.25, 0.3) is 10.9 Å². The van der Waals surface area contributed by atoms with E-state index in [0.717, 1.165) is 0 Å². The van der Waals surface area contributed by atoms with Gasteiger partial charge in [0.05, 0.1) is 12.1 Å². The van der Waals surface area contributed by atoms with E-state index in [2.05, 4.69) is 9.97 Å². The van der Waals surface area contributed by atoms with Crippen LogP contribution >= 0.6 is 0 Å². The second kappa shape index (κ2) is 10.0. The number of aryl methyl sites for hydroxylation is 1. The van der Waals surface area contributed by atoms with Gasteiger partial charge in [-0.05, 0) is 31.5 Å². The number of ether oxygens (including phenoxy) is 1. The number of aromatic nitrogens is 2. The van der Waals surface area contributed by atoms with Gasteiger partial charge in [-0.2, -0.15) is 4.39 Å². The molecule has 2 N–H and O–H groups in total. The van der Waals surface area contributed by atoms with E-state index in [1.54, 1.807) is 18.2 Å². The number of hydrogen-bond donors (Lipinski definition) is 2. The van der Waals surface area contributed by atoms with Crippen molar-refractivity contribution in [3.8, 4) is 5.75 Å². The van der Waals surface area contributed by atoms with Gasteiger partial charge < -0.3 is 15.0 Å². The number of amides is 1. The molecule has 0 spiro atoms. The third kappa shape index (κ3) is 5.14. The first-order valence-corrected chi connectivity index (χ1v) is 11.1. The van der Waals surface area contributed by atoms with Crippen LogP contribution in [0.3, 0.4) is 0 Å². The largest absolute Gasteiger partial charge is 0.483 e. The summed E-state index contributed by atoms with van der Waals surface area (Å²) in [7, 11) is 0. The summed E-state index contributed by atoms with van der Waals surface area (Å²) in [6, 6.07) is 7.36. The Morgan fingerprint density at radius 3 is 2.69 bits per heavy atom. The van der Waals surface area contributed by atoms with Gasteiger partial charge in [0.25, 0.3) is 23.8 Å². The number of alkyl halides is 2. The molecular weight excluding hydrogens is 468 g/mol. The average molecular weight is 492 g/mol. The number of fused-ring (bicyclic) bond motifs is 1. The van der Waals surface area contributed by atoms with Gasteiger partial charge in [-0.15, -0.1) is 0 Å². The number of carbonyl (C=O) groups is 1. The Balaban J connectivity index is 1.39. The predicted octanol–water partition coefficient (Wildman–Crippen LogP) is 3.41. The van der Waals surface area contributed by atoms with Crippen LogP contribution in [-0.4, -0.2) is 52.4 Å². The van der Waals surface area contributed by atoms with Crippen molar-refractivity contribution < 1.29 is 27.1 Å².